The Kier molecular flexibility index (Phi) is 4.69. The molecule has 1 saturated heterocycles. The summed E-state index contributed by atoms with van der Waals surface area (Å²) in [5.74, 6) is 2.70. The number of carbonyl (C=O) groups is 1. The summed E-state index contributed by atoms with van der Waals surface area (Å²) in [6, 6.07) is 17.0. The van der Waals surface area contributed by atoms with E-state index in [1.807, 2.05) is 65.7 Å². The first kappa shape index (κ1) is 16.4. The summed E-state index contributed by atoms with van der Waals surface area (Å²) in [5, 5.41) is 0. The number of nitrogens with one attached hydrogen (secondary N) is 1. The molecule has 1 N–H and O–H groups in total. The van der Waals surface area contributed by atoms with E-state index in [9.17, 15) is 4.79 Å². The van der Waals surface area contributed by atoms with Gasteiger partial charge in [-0.2, -0.15) is 0 Å². The molecular weight excluding hydrogens is 326 g/mol. The Hall–Kier alpha value is -3.08. The monoisotopic (exact) mass is 347 g/mol. The van der Waals surface area contributed by atoms with Gasteiger partial charge in [0.1, 0.15) is 17.3 Å². The van der Waals surface area contributed by atoms with E-state index in [0.29, 0.717) is 17.9 Å². The van der Waals surface area contributed by atoms with E-state index < -0.39 is 0 Å². The number of piperidine rings is 1. The van der Waals surface area contributed by atoms with Crippen LogP contribution < -0.4 is 4.74 Å². The Morgan fingerprint density at radius 3 is 2.77 bits per heavy atom. The fourth-order valence-corrected chi connectivity index (χ4v) is 3.39. The Labute approximate surface area is 152 Å². The third-order valence-electron chi connectivity index (χ3n) is 4.67. The Bertz CT molecular complexity index is 862. The zero-order chi connectivity index (χ0) is 17.8. The lowest BCUT2D eigenvalue weighted by Crippen LogP contribution is -2.39. The third kappa shape index (κ3) is 3.61. The van der Waals surface area contributed by atoms with E-state index in [-0.39, 0.29) is 11.8 Å². The molecule has 0 unspecified atom stereocenters. The smallest absolute Gasteiger partial charge is 0.254 e. The molecular formula is C21H21N3O2. The number of rotatable bonds is 4. The number of para-hydroxylation sites is 1. The molecule has 2 heterocycles. The summed E-state index contributed by atoms with van der Waals surface area (Å²) in [6.07, 6.45) is 5.63. The summed E-state index contributed by atoms with van der Waals surface area (Å²) >= 11 is 0. The summed E-state index contributed by atoms with van der Waals surface area (Å²) < 4.78 is 5.85. The molecule has 1 aliphatic heterocycles. The number of aromatic amines is 1. The van der Waals surface area contributed by atoms with Crippen LogP contribution in [-0.4, -0.2) is 33.9 Å². The van der Waals surface area contributed by atoms with Crippen LogP contribution >= 0.6 is 0 Å². The molecule has 1 aromatic heterocycles. The van der Waals surface area contributed by atoms with Gasteiger partial charge in [-0.05, 0) is 43.2 Å². The van der Waals surface area contributed by atoms with Crippen molar-refractivity contribution in [2.75, 3.05) is 13.1 Å². The van der Waals surface area contributed by atoms with Crippen molar-refractivity contribution < 1.29 is 9.53 Å². The van der Waals surface area contributed by atoms with Crippen LogP contribution in [0.2, 0.25) is 0 Å². The average molecular weight is 347 g/mol. The number of likely N-dealkylation sites (tertiary alicyclic amines) is 1. The van der Waals surface area contributed by atoms with Gasteiger partial charge in [0.25, 0.3) is 5.91 Å². The SMILES string of the molecule is O=C(c1cccc(Oc2ccccc2)c1)N1CCC[C@H](c2ncc[nH]2)C1. The van der Waals surface area contributed by atoms with Gasteiger partial charge in [-0.15, -0.1) is 0 Å². The molecule has 3 aromatic rings. The number of carbonyl (C=O) groups excluding carboxylic acids is 1. The molecule has 1 atom stereocenters. The van der Waals surface area contributed by atoms with E-state index in [2.05, 4.69) is 9.97 Å². The van der Waals surface area contributed by atoms with Crippen LogP contribution in [0.5, 0.6) is 11.5 Å². The number of imidazole rings is 1. The Morgan fingerprint density at radius 1 is 1.12 bits per heavy atom. The second-order valence-corrected chi connectivity index (χ2v) is 6.51. The maximum atomic E-state index is 13.0. The van der Waals surface area contributed by atoms with Gasteiger partial charge in [0, 0.05) is 37.0 Å². The lowest BCUT2D eigenvalue weighted by molar-refractivity contribution is 0.0704. The molecule has 5 heteroatoms. The van der Waals surface area contributed by atoms with Gasteiger partial charge in [-0.25, -0.2) is 4.98 Å². The highest BCUT2D eigenvalue weighted by Crippen LogP contribution is 2.27. The summed E-state index contributed by atoms with van der Waals surface area (Å²) in [4.78, 5) is 22.4. The molecule has 0 radical (unpaired) electrons. The fourth-order valence-electron chi connectivity index (χ4n) is 3.39. The van der Waals surface area contributed by atoms with Crippen molar-refractivity contribution in [3.05, 3.63) is 78.4 Å². The molecule has 0 aliphatic carbocycles. The molecule has 1 amide bonds. The first-order chi connectivity index (χ1) is 12.8. The maximum Gasteiger partial charge on any atom is 0.254 e. The lowest BCUT2D eigenvalue weighted by atomic mass is 9.96. The second-order valence-electron chi connectivity index (χ2n) is 6.51. The number of nitrogens with zero attached hydrogens (tertiary/aromatic N) is 2. The Balaban J connectivity index is 1.48. The summed E-state index contributed by atoms with van der Waals surface area (Å²) in [7, 11) is 0. The van der Waals surface area contributed by atoms with Crippen molar-refractivity contribution in [3.63, 3.8) is 0 Å². The van der Waals surface area contributed by atoms with Crippen LogP contribution in [0.25, 0.3) is 0 Å². The average Bonchev–Trinajstić information content (AvgIpc) is 3.23. The van der Waals surface area contributed by atoms with Crippen LogP contribution in [-0.2, 0) is 0 Å². The minimum atomic E-state index is 0.0415. The van der Waals surface area contributed by atoms with E-state index in [1.54, 1.807) is 6.20 Å². The zero-order valence-electron chi connectivity index (χ0n) is 14.5. The van der Waals surface area contributed by atoms with Crippen LogP contribution in [0.4, 0.5) is 0 Å². The van der Waals surface area contributed by atoms with E-state index >= 15 is 0 Å². The number of ether oxygens (including phenoxy) is 1. The lowest BCUT2D eigenvalue weighted by Gasteiger charge is -2.32. The highest BCUT2D eigenvalue weighted by Gasteiger charge is 2.26. The maximum absolute atomic E-state index is 13.0. The molecule has 132 valence electrons. The standard InChI is InChI=1S/C21H21N3O2/c25-21(24-13-5-7-17(15-24)20-22-11-12-23-20)16-6-4-10-19(14-16)26-18-8-2-1-3-9-18/h1-4,6,8-12,14,17H,5,7,13,15H2,(H,22,23)/t17-/m0/s1. The summed E-state index contributed by atoms with van der Waals surface area (Å²) in [6.45, 7) is 1.47. The van der Waals surface area contributed by atoms with Crippen molar-refractivity contribution in [1.29, 1.82) is 0 Å². The highest BCUT2D eigenvalue weighted by atomic mass is 16.5. The number of aromatic nitrogens is 2. The number of hydrogen-bond acceptors (Lipinski definition) is 3. The molecule has 2 aromatic carbocycles. The van der Waals surface area contributed by atoms with E-state index in [4.69, 9.17) is 4.74 Å². The quantitative estimate of drug-likeness (QED) is 0.769. The number of H-pyrrole nitrogens is 1. The largest absolute Gasteiger partial charge is 0.457 e. The summed E-state index contributed by atoms with van der Waals surface area (Å²) in [5.41, 5.74) is 0.651. The van der Waals surface area contributed by atoms with Gasteiger partial charge in [0.05, 0.1) is 0 Å². The molecule has 4 rings (SSSR count). The second kappa shape index (κ2) is 7.44. The molecule has 1 aliphatic rings. The van der Waals surface area contributed by atoms with Gasteiger partial charge in [-0.3, -0.25) is 4.79 Å². The van der Waals surface area contributed by atoms with Crippen molar-refractivity contribution >= 4 is 5.91 Å². The minimum absolute atomic E-state index is 0.0415. The molecule has 0 saturated carbocycles. The number of amides is 1. The van der Waals surface area contributed by atoms with Crippen LogP contribution in [0.15, 0.2) is 67.0 Å². The normalized spacial score (nSPS) is 17.1. The number of hydrogen-bond donors (Lipinski definition) is 1. The van der Waals surface area contributed by atoms with Crippen molar-refractivity contribution in [2.45, 2.75) is 18.8 Å². The topological polar surface area (TPSA) is 58.2 Å². The third-order valence-corrected chi connectivity index (χ3v) is 4.67. The Morgan fingerprint density at radius 2 is 1.96 bits per heavy atom. The minimum Gasteiger partial charge on any atom is -0.457 e. The number of benzene rings is 2. The van der Waals surface area contributed by atoms with Gasteiger partial charge < -0.3 is 14.6 Å². The van der Waals surface area contributed by atoms with Crippen LogP contribution in [0.1, 0.15) is 34.9 Å². The van der Waals surface area contributed by atoms with Crippen molar-refractivity contribution in [3.8, 4) is 11.5 Å². The van der Waals surface area contributed by atoms with Gasteiger partial charge in [0.15, 0.2) is 0 Å². The van der Waals surface area contributed by atoms with Crippen molar-refractivity contribution in [2.24, 2.45) is 0 Å². The van der Waals surface area contributed by atoms with Crippen LogP contribution in [0.3, 0.4) is 0 Å². The van der Waals surface area contributed by atoms with Crippen molar-refractivity contribution in [1.82, 2.24) is 14.9 Å². The fraction of sp³-hybridized carbons (Fsp3) is 0.238. The van der Waals surface area contributed by atoms with E-state index in [0.717, 1.165) is 31.0 Å². The predicted molar refractivity (Wildman–Crippen MR) is 99.4 cm³/mol. The molecule has 0 spiro atoms. The van der Waals surface area contributed by atoms with Gasteiger partial charge in [-0.1, -0.05) is 24.3 Å². The zero-order valence-corrected chi connectivity index (χ0v) is 14.5. The van der Waals surface area contributed by atoms with Gasteiger partial charge >= 0.3 is 0 Å². The molecule has 1 fully saturated rings. The van der Waals surface area contributed by atoms with Gasteiger partial charge in [0.2, 0.25) is 0 Å². The first-order valence-corrected chi connectivity index (χ1v) is 8.91. The molecule has 26 heavy (non-hydrogen) atoms. The van der Waals surface area contributed by atoms with Crippen LogP contribution in [0, 0.1) is 0 Å². The first-order valence-electron chi connectivity index (χ1n) is 8.91. The highest BCUT2D eigenvalue weighted by molar-refractivity contribution is 5.94. The predicted octanol–water partition coefficient (Wildman–Crippen LogP) is 4.22. The van der Waals surface area contributed by atoms with E-state index in [1.165, 1.54) is 0 Å². The molecule has 0 bridgehead atoms. The molecule has 5 nitrogen and oxygen atoms in total.